The molecule has 1 atom stereocenters. The van der Waals surface area contributed by atoms with Gasteiger partial charge in [0.05, 0.1) is 37.1 Å². The number of benzene rings is 2. The van der Waals surface area contributed by atoms with Crippen LogP contribution in [0.5, 0.6) is 11.5 Å². The van der Waals surface area contributed by atoms with Gasteiger partial charge in [0.25, 0.3) is 5.91 Å². The van der Waals surface area contributed by atoms with Gasteiger partial charge in [-0.05, 0) is 61.2 Å². The Morgan fingerprint density at radius 3 is 2.81 bits per heavy atom. The van der Waals surface area contributed by atoms with Crippen molar-refractivity contribution in [2.45, 2.75) is 25.9 Å². The van der Waals surface area contributed by atoms with E-state index in [2.05, 4.69) is 0 Å². The van der Waals surface area contributed by atoms with Crippen molar-refractivity contribution >= 4 is 50.3 Å². The molecular formula is C24H25ClN2O4S. The zero-order chi connectivity index (χ0) is 22.7. The van der Waals surface area contributed by atoms with Gasteiger partial charge in [-0.1, -0.05) is 29.0 Å². The van der Waals surface area contributed by atoms with E-state index in [0.29, 0.717) is 28.2 Å². The SMILES string of the molecule is COc1ccc(/C=C/C(=O)N(CC2CCCO2)c2nc3c(C)cc(Cl)cc3s2)cc1OC. The molecule has 0 bridgehead atoms. The second kappa shape index (κ2) is 9.90. The summed E-state index contributed by atoms with van der Waals surface area (Å²) in [5.74, 6) is 1.09. The van der Waals surface area contributed by atoms with Crippen LogP contribution in [-0.4, -0.2) is 44.4 Å². The third-order valence-corrected chi connectivity index (χ3v) is 6.62. The molecule has 168 valence electrons. The Hall–Kier alpha value is -2.61. The number of carbonyl (C=O) groups is 1. The summed E-state index contributed by atoms with van der Waals surface area (Å²) in [5, 5.41) is 1.30. The van der Waals surface area contributed by atoms with Crippen LogP contribution in [0.3, 0.4) is 0 Å². The van der Waals surface area contributed by atoms with Crippen LogP contribution in [0.25, 0.3) is 16.3 Å². The predicted octanol–water partition coefficient (Wildman–Crippen LogP) is 5.50. The molecule has 2 aromatic carbocycles. The highest BCUT2D eigenvalue weighted by molar-refractivity contribution is 7.22. The number of rotatable bonds is 7. The van der Waals surface area contributed by atoms with Crippen molar-refractivity contribution < 1.29 is 19.0 Å². The number of hydrogen-bond donors (Lipinski definition) is 0. The van der Waals surface area contributed by atoms with E-state index < -0.39 is 0 Å². The average molecular weight is 473 g/mol. The third kappa shape index (κ3) is 4.90. The molecule has 0 radical (unpaired) electrons. The van der Waals surface area contributed by atoms with Crippen molar-refractivity contribution in [3.8, 4) is 11.5 Å². The first-order valence-electron chi connectivity index (χ1n) is 10.4. The molecule has 2 heterocycles. The van der Waals surface area contributed by atoms with Crippen LogP contribution in [-0.2, 0) is 9.53 Å². The minimum absolute atomic E-state index is 0.00475. The van der Waals surface area contributed by atoms with Gasteiger partial charge in [-0.25, -0.2) is 4.98 Å². The number of amides is 1. The summed E-state index contributed by atoms with van der Waals surface area (Å²) in [6.45, 7) is 3.16. The molecule has 1 saturated heterocycles. The highest BCUT2D eigenvalue weighted by Gasteiger charge is 2.25. The van der Waals surface area contributed by atoms with Gasteiger partial charge in [0.2, 0.25) is 0 Å². The number of anilines is 1. The van der Waals surface area contributed by atoms with Crippen molar-refractivity contribution in [3.05, 3.63) is 52.6 Å². The standard InChI is InChI=1S/C24H25ClN2O4S/c1-15-11-17(25)13-21-23(15)26-24(32-21)27(14-18-5-4-10-31-18)22(28)9-7-16-6-8-19(29-2)20(12-16)30-3/h6-9,11-13,18H,4-5,10,14H2,1-3H3/b9-7+. The first-order chi connectivity index (χ1) is 15.5. The summed E-state index contributed by atoms with van der Waals surface area (Å²) in [4.78, 5) is 19.7. The summed E-state index contributed by atoms with van der Waals surface area (Å²) in [6, 6.07) is 9.29. The second-order valence-electron chi connectivity index (χ2n) is 7.60. The number of aromatic nitrogens is 1. The van der Waals surface area contributed by atoms with Crippen LogP contribution in [0.15, 0.2) is 36.4 Å². The number of aryl methyl sites for hydroxylation is 1. The van der Waals surface area contributed by atoms with Crippen LogP contribution in [0.2, 0.25) is 5.02 Å². The van der Waals surface area contributed by atoms with Gasteiger partial charge in [-0.15, -0.1) is 0 Å². The maximum Gasteiger partial charge on any atom is 0.252 e. The Kier molecular flexibility index (Phi) is 6.98. The zero-order valence-electron chi connectivity index (χ0n) is 18.3. The summed E-state index contributed by atoms with van der Waals surface area (Å²) < 4.78 is 17.4. The summed E-state index contributed by atoms with van der Waals surface area (Å²) in [5.41, 5.74) is 2.68. The Bertz CT molecular complexity index is 1150. The van der Waals surface area contributed by atoms with Crippen molar-refractivity contribution in [2.75, 3.05) is 32.3 Å². The monoisotopic (exact) mass is 472 g/mol. The van der Waals surface area contributed by atoms with Crippen molar-refractivity contribution in [3.63, 3.8) is 0 Å². The highest BCUT2D eigenvalue weighted by Crippen LogP contribution is 2.34. The number of fused-ring (bicyclic) bond motifs is 1. The molecule has 4 rings (SSSR count). The van der Waals surface area contributed by atoms with Crippen molar-refractivity contribution in [1.82, 2.24) is 4.98 Å². The minimum Gasteiger partial charge on any atom is -0.493 e. The normalized spacial score (nSPS) is 16.1. The van der Waals surface area contributed by atoms with Crippen LogP contribution < -0.4 is 14.4 Å². The Morgan fingerprint density at radius 1 is 1.28 bits per heavy atom. The molecule has 0 saturated carbocycles. The fraction of sp³-hybridized carbons (Fsp3) is 0.333. The number of halogens is 1. The van der Waals surface area contributed by atoms with Gasteiger partial charge in [0.15, 0.2) is 16.6 Å². The summed E-state index contributed by atoms with van der Waals surface area (Å²) >= 11 is 7.69. The van der Waals surface area contributed by atoms with E-state index in [1.807, 2.05) is 37.3 Å². The van der Waals surface area contributed by atoms with Gasteiger partial charge in [-0.3, -0.25) is 9.69 Å². The summed E-state index contributed by atoms with van der Waals surface area (Å²) in [7, 11) is 3.17. The van der Waals surface area contributed by atoms with Crippen LogP contribution >= 0.6 is 22.9 Å². The number of nitrogens with zero attached hydrogens (tertiary/aromatic N) is 2. The Labute approximate surface area is 196 Å². The fourth-order valence-corrected chi connectivity index (χ4v) is 5.16. The first-order valence-corrected chi connectivity index (χ1v) is 11.6. The molecule has 1 amide bonds. The van der Waals surface area contributed by atoms with Gasteiger partial charge in [0, 0.05) is 17.7 Å². The lowest BCUT2D eigenvalue weighted by Crippen LogP contribution is -2.36. The largest absolute Gasteiger partial charge is 0.493 e. The van der Waals surface area contributed by atoms with Crippen molar-refractivity contribution in [1.29, 1.82) is 0 Å². The second-order valence-corrected chi connectivity index (χ2v) is 9.04. The number of methoxy groups -OCH3 is 2. The molecule has 0 N–H and O–H groups in total. The average Bonchev–Trinajstić information content (AvgIpc) is 3.45. The van der Waals surface area contributed by atoms with E-state index in [0.717, 1.165) is 40.8 Å². The molecule has 1 aliphatic heterocycles. The lowest BCUT2D eigenvalue weighted by Gasteiger charge is -2.21. The van der Waals surface area contributed by atoms with E-state index >= 15 is 0 Å². The lowest BCUT2D eigenvalue weighted by atomic mass is 10.2. The smallest absolute Gasteiger partial charge is 0.252 e. The fourth-order valence-electron chi connectivity index (χ4n) is 3.73. The molecule has 1 aliphatic rings. The molecule has 1 unspecified atom stereocenters. The first kappa shape index (κ1) is 22.6. The topological polar surface area (TPSA) is 60.9 Å². The van der Waals surface area contributed by atoms with Crippen molar-refractivity contribution in [2.24, 2.45) is 0 Å². The van der Waals surface area contributed by atoms with E-state index in [-0.39, 0.29) is 12.0 Å². The van der Waals surface area contributed by atoms with Gasteiger partial charge in [0.1, 0.15) is 0 Å². The molecule has 0 aliphatic carbocycles. The van der Waals surface area contributed by atoms with Crippen LogP contribution in [0.1, 0.15) is 24.0 Å². The number of ether oxygens (including phenoxy) is 3. The molecule has 1 fully saturated rings. The summed E-state index contributed by atoms with van der Waals surface area (Å²) in [6.07, 6.45) is 5.26. The molecule has 8 heteroatoms. The Balaban J connectivity index is 1.63. The maximum atomic E-state index is 13.3. The predicted molar refractivity (Wildman–Crippen MR) is 129 cm³/mol. The molecule has 32 heavy (non-hydrogen) atoms. The van der Waals surface area contributed by atoms with E-state index in [9.17, 15) is 4.79 Å². The third-order valence-electron chi connectivity index (χ3n) is 5.37. The van der Waals surface area contributed by atoms with E-state index in [1.165, 1.54) is 11.3 Å². The quantitative estimate of drug-likeness (QED) is 0.425. The molecule has 6 nitrogen and oxygen atoms in total. The number of thiazole rings is 1. The van der Waals surface area contributed by atoms with Crippen LogP contribution in [0, 0.1) is 6.92 Å². The molecular weight excluding hydrogens is 448 g/mol. The van der Waals surface area contributed by atoms with Crippen LogP contribution in [0.4, 0.5) is 5.13 Å². The van der Waals surface area contributed by atoms with Gasteiger partial charge < -0.3 is 14.2 Å². The van der Waals surface area contributed by atoms with E-state index in [1.54, 1.807) is 31.3 Å². The molecule has 0 spiro atoms. The van der Waals surface area contributed by atoms with E-state index in [4.69, 9.17) is 30.8 Å². The molecule has 1 aromatic heterocycles. The molecule has 3 aromatic rings. The van der Waals surface area contributed by atoms with Gasteiger partial charge in [-0.2, -0.15) is 0 Å². The lowest BCUT2D eigenvalue weighted by molar-refractivity contribution is -0.114. The number of hydrogen-bond acceptors (Lipinski definition) is 6. The minimum atomic E-state index is -0.155. The number of carbonyl (C=O) groups excluding carboxylic acids is 1. The Morgan fingerprint density at radius 2 is 2.09 bits per heavy atom. The van der Waals surface area contributed by atoms with Gasteiger partial charge >= 0.3 is 0 Å². The highest BCUT2D eigenvalue weighted by atomic mass is 35.5. The maximum absolute atomic E-state index is 13.3. The zero-order valence-corrected chi connectivity index (χ0v) is 19.8.